The van der Waals surface area contributed by atoms with E-state index in [-0.39, 0.29) is 17.4 Å². The zero-order chi connectivity index (χ0) is 27.2. The first-order valence-electron chi connectivity index (χ1n) is 11.4. The summed E-state index contributed by atoms with van der Waals surface area (Å²) < 4.78 is 30.5. The first kappa shape index (κ1) is 27.1. The van der Waals surface area contributed by atoms with Gasteiger partial charge in [-0.1, -0.05) is 36.4 Å². The average Bonchev–Trinajstić information content (AvgIpc) is 3.37. The van der Waals surface area contributed by atoms with Crippen LogP contribution in [0.2, 0.25) is 5.28 Å². The molecule has 4 aromatic rings. The van der Waals surface area contributed by atoms with Gasteiger partial charge in [0, 0.05) is 17.2 Å². The van der Waals surface area contributed by atoms with Crippen molar-refractivity contribution < 1.29 is 38.8 Å². The molecule has 0 spiro atoms. The number of nitrogens with zero attached hydrogens (tertiary/aromatic N) is 4. The molecule has 2 aromatic heterocycles. The fraction of sp³-hybridized carbons (Fsp3) is 0.318. The normalized spacial score (nSPS) is 23.6. The zero-order valence-electron chi connectivity index (χ0n) is 19.6. The van der Waals surface area contributed by atoms with Gasteiger partial charge in [-0.15, -0.1) is 0 Å². The molecule has 5 rings (SSSR count). The highest BCUT2D eigenvalue weighted by Crippen LogP contribution is 2.55. The largest absolute Gasteiger partial charge is 0.388 e. The lowest BCUT2D eigenvalue weighted by Gasteiger charge is -2.18. The van der Waals surface area contributed by atoms with Crippen LogP contribution in [0.3, 0.4) is 0 Å². The van der Waals surface area contributed by atoms with E-state index >= 15 is 0 Å². The minimum absolute atomic E-state index is 0.106. The second-order valence-corrected chi connectivity index (χ2v) is 14.0. The monoisotopic (exact) mass is 583 g/mol. The Morgan fingerprint density at radius 1 is 1.03 bits per heavy atom. The second-order valence-electron chi connectivity index (χ2n) is 9.03. The van der Waals surface area contributed by atoms with Crippen molar-refractivity contribution in [1.82, 2.24) is 19.5 Å². The van der Waals surface area contributed by atoms with Gasteiger partial charge in [0.2, 0.25) is 12.7 Å². The first-order valence-corrected chi connectivity index (χ1v) is 15.6. The molecule has 0 bridgehead atoms. The Kier molecular flexibility index (Phi) is 7.34. The smallest absolute Gasteiger partial charge is 0.335 e. The number of hydrogen-bond donors (Lipinski definition) is 6. The molecule has 1 aliphatic heterocycles. The quantitative estimate of drug-likeness (QED) is 0.131. The molecule has 1 aliphatic rings. The number of benzene rings is 2. The van der Waals surface area contributed by atoms with Crippen molar-refractivity contribution in [2.45, 2.75) is 31.0 Å². The van der Waals surface area contributed by atoms with Crippen LogP contribution in [0.5, 0.6) is 0 Å². The fourth-order valence-corrected chi connectivity index (χ4v) is 8.20. The molecular formula is C22H24ClN5O8P2. The molecule has 16 heteroatoms. The fourth-order valence-electron chi connectivity index (χ4n) is 4.51. The lowest BCUT2D eigenvalue weighted by molar-refractivity contribution is -0.0354. The van der Waals surface area contributed by atoms with Gasteiger partial charge in [0.05, 0.1) is 12.4 Å². The average molecular weight is 584 g/mol. The van der Waals surface area contributed by atoms with E-state index < -0.39 is 51.6 Å². The molecule has 13 nitrogen and oxygen atoms in total. The number of imidazole rings is 1. The molecule has 0 amide bonds. The summed E-state index contributed by atoms with van der Waals surface area (Å²) in [6.45, 7) is 0. The summed E-state index contributed by atoms with van der Waals surface area (Å²) in [6, 6.07) is 13.5. The summed E-state index contributed by atoms with van der Waals surface area (Å²) in [7, 11) is -8.91. The highest BCUT2D eigenvalue weighted by atomic mass is 35.5. The topological polar surface area (TPSA) is 200 Å². The molecule has 2 aromatic carbocycles. The molecule has 0 aliphatic carbocycles. The summed E-state index contributed by atoms with van der Waals surface area (Å²) in [5.74, 6) is -0.874. The number of hydrogen-bond acceptors (Lipinski definition) is 9. The summed E-state index contributed by atoms with van der Waals surface area (Å²) >= 11 is 6.21. The molecule has 5 atom stereocenters. The Morgan fingerprint density at radius 3 is 2.53 bits per heavy atom. The number of nitrogens with one attached hydrogen (secondary N) is 1. The van der Waals surface area contributed by atoms with Crippen LogP contribution in [-0.2, 0) is 13.9 Å². The standard InChI is InChI=1S/C22H24ClN5O8P2/c23-22-26-19(25-14-7-3-5-12-4-1-2-6-13(12)14)16-20(27-22)28(10-24-16)21-18(30)17(29)15(36-21)8-9-37(31,32)11-38(33,34)35/h1-7,10,15,17-18,21,29-30H,8-9,11H2,(H,31,32)(H,25,26,27)(H2,33,34,35)/t15-,17+,18?,21-/m1/s1. The van der Waals surface area contributed by atoms with Gasteiger partial charge < -0.3 is 34.9 Å². The number of fused-ring (bicyclic) bond motifs is 2. The number of halogens is 1. The van der Waals surface area contributed by atoms with E-state index in [9.17, 15) is 24.2 Å². The molecule has 0 saturated carbocycles. The first-order chi connectivity index (χ1) is 17.9. The maximum absolute atomic E-state index is 12.2. The van der Waals surface area contributed by atoms with Gasteiger partial charge in [0.15, 0.2) is 23.2 Å². The van der Waals surface area contributed by atoms with E-state index in [1.807, 2.05) is 42.5 Å². The Labute approximate surface area is 220 Å². The van der Waals surface area contributed by atoms with Crippen molar-refractivity contribution >= 4 is 60.0 Å². The molecule has 1 saturated heterocycles. The number of anilines is 2. The Hall–Kier alpha value is -2.44. The maximum atomic E-state index is 12.2. The molecule has 0 radical (unpaired) electrons. The molecule has 6 N–H and O–H groups in total. The van der Waals surface area contributed by atoms with Crippen molar-refractivity contribution in [3.05, 3.63) is 54.1 Å². The number of ether oxygens (including phenoxy) is 1. The Morgan fingerprint density at radius 2 is 1.76 bits per heavy atom. The van der Waals surface area contributed by atoms with Gasteiger partial charge >= 0.3 is 7.60 Å². The predicted octanol–water partition coefficient (Wildman–Crippen LogP) is 2.79. The van der Waals surface area contributed by atoms with Crippen molar-refractivity contribution in [2.24, 2.45) is 0 Å². The van der Waals surface area contributed by atoms with E-state index in [0.29, 0.717) is 11.3 Å². The second kappa shape index (κ2) is 10.3. The Balaban J connectivity index is 1.41. The van der Waals surface area contributed by atoms with E-state index in [0.717, 1.165) is 16.5 Å². The van der Waals surface area contributed by atoms with E-state index in [4.69, 9.17) is 26.1 Å². The van der Waals surface area contributed by atoms with Crippen molar-refractivity contribution in [1.29, 1.82) is 0 Å². The molecule has 38 heavy (non-hydrogen) atoms. The third-order valence-electron chi connectivity index (χ3n) is 6.22. The lowest BCUT2D eigenvalue weighted by atomic mass is 10.1. The third-order valence-corrected chi connectivity index (χ3v) is 10.6. The van der Waals surface area contributed by atoms with Crippen LogP contribution in [0, 0.1) is 0 Å². The number of aliphatic hydroxyl groups is 2. The number of aliphatic hydroxyl groups excluding tert-OH is 2. The van der Waals surface area contributed by atoms with E-state index in [1.165, 1.54) is 10.9 Å². The SMILES string of the molecule is O=P(O)(O)CP(=O)(O)CC[C@H]1O[C@@H](n2cnc3c(Nc4cccc5ccccc45)nc(Cl)nc32)C(O)[C@H]1O. The highest BCUT2D eigenvalue weighted by molar-refractivity contribution is 7.72. The summed E-state index contributed by atoms with van der Waals surface area (Å²) in [6.07, 6.45) is -4.56. The van der Waals surface area contributed by atoms with Crippen LogP contribution in [-0.4, -0.2) is 74.8 Å². The lowest BCUT2D eigenvalue weighted by Crippen LogP contribution is -2.32. The summed E-state index contributed by atoms with van der Waals surface area (Å²) in [5, 5.41) is 26.3. The van der Waals surface area contributed by atoms with Gasteiger partial charge in [-0.25, -0.2) is 4.98 Å². The van der Waals surface area contributed by atoms with E-state index in [1.54, 1.807) is 0 Å². The van der Waals surface area contributed by atoms with Crippen LogP contribution >= 0.6 is 26.6 Å². The molecule has 1 fully saturated rings. The highest BCUT2D eigenvalue weighted by Gasteiger charge is 2.45. The zero-order valence-corrected chi connectivity index (χ0v) is 22.1. The predicted molar refractivity (Wildman–Crippen MR) is 140 cm³/mol. The molecule has 202 valence electrons. The van der Waals surface area contributed by atoms with Crippen LogP contribution in [0.1, 0.15) is 12.6 Å². The minimum Gasteiger partial charge on any atom is -0.388 e. The maximum Gasteiger partial charge on any atom is 0.335 e. The van der Waals surface area contributed by atoms with Crippen LogP contribution < -0.4 is 5.32 Å². The van der Waals surface area contributed by atoms with Gasteiger partial charge in [-0.2, -0.15) is 9.97 Å². The van der Waals surface area contributed by atoms with Gasteiger partial charge in [-0.3, -0.25) is 13.7 Å². The van der Waals surface area contributed by atoms with Crippen molar-refractivity contribution in [3.8, 4) is 0 Å². The van der Waals surface area contributed by atoms with Crippen molar-refractivity contribution in [2.75, 3.05) is 17.4 Å². The van der Waals surface area contributed by atoms with Gasteiger partial charge in [0.25, 0.3) is 0 Å². The molecule has 2 unspecified atom stereocenters. The molecular weight excluding hydrogens is 560 g/mol. The van der Waals surface area contributed by atoms with Crippen LogP contribution in [0.4, 0.5) is 11.5 Å². The van der Waals surface area contributed by atoms with Gasteiger partial charge in [-0.05, 0) is 29.5 Å². The van der Waals surface area contributed by atoms with Crippen LogP contribution in [0.25, 0.3) is 21.9 Å². The Bertz CT molecular complexity index is 1590. The minimum atomic E-state index is -4.71. The van der Waals surface area contributed by atoms with Gasteiger partial charge in [0.1, 0.15) is 18.1 Å². The number of aromatic nitrogens is 4. The molecule has 3 heterocycles. The van der Waals surface area contributed by atoms with Crippen molar-refractivity contribution in [3.63, 3.8) is 0 Å². The summed E-state index contributed by atoms with van der Waals surface area (Å²) in [4.78, 5) is 40.8. The van der Waals surface area contributed by atoms with E-state index in [2.05, 4.69) is 20.3 Å². The number of rotatable bonds is 8. The van der Waals surface area contributed by atoms with Crippen LogP contribution in [0.15, 0.2) is 48.8 Å². The summed E-state index contributed by atoms with van der Waals surface area (Å²) in [5.41, 5.74) is 1.28. The third kappa shape index (κ3) is 5.62.